The van der Waals surface area contributed by atoms with Crippen molar-refractivity contribution in [2.75, 3.05) is 18.5 Å². The maximum atomic E-state index is 12.4. The van der Waals surface area contributed by atoms with Gasteiger partial charge in [0.05, 0.1) is 17.4 Å². The molecule has 0 bridgehead atoms. The van der Waals surface area contributed by atoms with Crippen LogP contribution >= 0.6 is 11.3 Å². The number of amides is 3. The number of esters is 1. The van der Waals surface area contributed by atoms with Crippen molar-refractivity contribution in [1.82, 2.24) is 4.90 Å². The number of nitrogens with one attached hydrogen (secondary N) is 1. The molecule has 4 rings (SSSR count). The monoisotopic (exact) mass is 443 g/mol. The zero-order chi connectivity index (χ0) is 22.0. The van der Waals surface area contributed by atoms with Gasteiger partial charge in [0.2, 0.25) is 11.8 Å². The molecular weight excluding hydrogens is 418 g/mol. The summed E-state index contributed by atoms with van der Waals surface area (Å²) in [7, 11) is 0. The van der Waals surface area contributed by atoms with Gasteiger partial charge in [-0.3, -0.25) is 24.1 Å². The number of rotatable bonds is 5. The molecule has 2 fully saturated rings. The van der Waals surface area contributed by atoms with Crippen molar-refractivity contribution >= 4 is 40.0 Å². The average molecular weight is 444 g/mol. The second-order valence-electron chi connectivity index (χ2n) is 8.35. The van der Waals surface area contributed by atoms with Crippen LogP contribution in [0.5, 0.6) is 0 Å². The lowest BCUT2D eigenvalue weighted by Gasteiger charge is -2.19. The molecule has 1 N–H and O–H groups in total. The number of hydrogen-bond donors (Lipinski definition) is 1. The number of aryl methyl sites for hydroxylation is 1. The molecule has 1 aromatic heterocycles. The number of likely N-dealkylation sites (tertiary alicyclic amines) is 1. The van der Waals surface area contributed by atoms with E-state index in [2.05, 4.69) is 11.4 Å². The van der Waals surface area contributed by atoms with E-state index in [0.717, 1.165) is 60.3 Å². The first-order valence-corrected chi connectivity index (χ1v) is 11.7. The van der Waals surface area contributed by atoms with Crippen LogP contribution in [-0.2, 0) is 36.8 Å². The number of ether oxygens (including phenoxy) is 1. The van der Waals surface area contributed by atoms with E-state index in [1.165, 1.54) is 11.3 Å². The van der Waals surface area contributed by atoms with E-state index in [1.807, 2.05) is 0 Å². The van der Waals surface area contributed by atoms with Crippen LogP contribution in [0.25, 0.3) is 0 Å². The Balaban J connectivity index is 1.31. The fourth-order valence-corrected chi connectivity index (χ4v) is 6.08. The number of hydrogen-bond acceptors (Lipinski definition) is 7. The Hall–Kier alpha value is -2.73. The summed E-state index contributed by atoms with van der Waals surface area (Å²) in [5, 5.41) is 12.7. The van der Waals surface area contributed by atoms with Crippen LogP contribution in [-0.4, -0.2) is 41.7 Å². The average Bonchev–Trinajstić information content (AvgIpc) is 3.09. The van der Waals surface area contributed by atoms with Gasteiger partial charge >= 0.3 is 5.97 Å². The Morgan fingerprint density at radius 3 is 2.42 bits per heavy atom. The van der Waals surface area contributed by atoms with Crippen molar-refractivity contribution in [2.24, 2.45) is 11.8 Å². The van der Waals surface area contributed by atoms with Crippen LogP contribution in [0.15, 0.2) is 0 Å². The number of carbonyl (C=O) groups excluding carboxylic acids is 4. The van der Waals surface area contributed by atoms with E-state index in [0.29, 0.717) is 23.4 Å². The van der Waals surface area contributed by atoms with Crippen molar-refractivity contribution in [3.05, 3.63) is 16.0 Å². The van der Waals surface area contributed by atoms with Gasteiger partial charge in [-0.15, -0.1) is 11.3 Å². The summed E-state index contributed by atoms with van der Waals surface area (Å²) >= 11 is 1.41. The lowest BCUT2D eigenvalue weighted by atomic mass is 9.81. The van der Waals surface area contributed by atoms with Crippen molar-refractivity contribution in [3.63, 3.8) is 0 Å². The second kappa shape index (κ2) is 9.18. The van der Waals surface area contributed by atoms with Gasteiger partial charge in [-0.25, -0.2) is 0 Å². The molecule has 3 aliphatic rings. The van der Waals surface area contributed by atoms with Gasteiger partial charge in [-0.1, -0.05) is 19.3 Å². The third kappa shape index (κ3) is 4.35. The quantitative estimate of drug-likeness (QED) is 0.425. The summed E-state index contributed by atoms with van der Waals surface area (Å²) in [6.45, 7) is -0.996. The Morgan fingerprint density at radius 1 is 1.06 bits per heavy atom. The van der Waals surface area contributed by atoms with Crippen LogP contribution in [0, 0.1) is 23.2 Å². The van der Waals surface area contributed by atoms with Gasteiger partial charge in [0, 0.05) is 4.88 Å². The highest BCUT2D eigenvalue weighted by molar-refractivity contribution is 7.16. The van der Waals surface area contributed by atoms with Gasteiger partial charge in [-0.05, 0) is 44.1 Å². The molecule has 2 aliphatic carbocycles. The third-order valence-electron chi connectivity index (χ3n) is 6.37. The standard InChI is InChI=1S/C22H25N3O5S/c23-10-16-13-6-2-1-3-9-17(13)31-20(16)24-18(26)12-30-19(27)11-25-21(28)14-7-4-5-8-15(14)22(25)29/h14-15H,1-9,11-12H2,(H,24,26). The number of thiophene rings is 1. The maximum absolute atomic E-state index is 12.4. The van der Waals surface area contributed by atoms with Crippen LogP contribution in [0.1, 0.15) is 60.9 Å². The van der Waals surface area contributed by atoms with Crippen molar-refractivity contribution in [3.8, 4) is 6.07 Å². The lowest BCUT2D eigenvalue weighted by Crippen LogP contribution is -2.37. The van der Waals surface area contributed by atoms with Gasteiger partial charge < -0.3 is 10.1 Å². The fraction of sp³-hybridized carbons (Fsp3) is 0.591. The smallest absolute Gasteiger partial charge is 0.326 e. The summed E-state index contributed by atoms with van der Waals surface area (Å²) in [6, 6.07) is 2.19. The first-order valence-electron chi connectivity index (χ1n) is 10.8. The van der Waals surface area contributed by atoms with Crippen LogP contribution in [0.3, 0.4) is 0 Å². The van der Waals surface area contributed by atoms with E-state index < -0.39 is 25.0 Å². The number of fused-ring (bicyclic) bond motifs is 2. The minimum atomic E-state index is -0.794. The second-order valence-corrected chi connectivity index (χ2v) is 9.45. The highest BCUT2D eigenvalue weighted by atomic mass is 32.1. The third-order valence-corrected chi connectivity index (χ3v) is 7.58. The Bertz CT molecular complexity index is 939. The highest BCUT2D eigenvalue weighted by Gasteiger charge is 2.48. The normalized spacial score (nSPS) is 22.9. The minimum Gasteiger partial charge on any atom is -0.454 e. The molecule has 1 saturated heterocycles. The zero-order valence-corrected chi connectivity index (χ0v) is 18.1. The Morgan fingerprint density at radius 2 is 1.74 bits per heavy atom. The molecule has 1 aromatic rings. The summed E-state index contributed by atoms with van der Waals surface area (Å²) in [5.41, 5.74) is 1.52. The number of anilines is 1. The summed E-state index contributed by atoms with van der Waals surface area (Å²) in [5.74, 6) is -2.61. The fourth-order valence-electron chi connectivity index (χ4n) is 4.82. The van der Waals surface area contributed by atoms with Crippen LogP contribution in [0.2, 0.25) is 0 Å². The van der Waals surface area contributed by atoms with Gasteiger partial charge in [0.25, 0.3) is 5.91 Å². The summed E-state index contributed by atoms with van der Waals surface area (Å²) in [6.07, 6.45) is 8.14. The van der Waals surface area contributed by atoms with E-state index in [4.69, 9.17) is 4.74 Å². The van der Waals surface area contributed by atoms with Crippen molar-refractivity contribution < 1.29 is 23.9 Å². The Kier molecular flexibility index (Phi) is 6.37. The number of nitrogens with zero attached hydrogens (tertiary/aromatic N) is 2. The van der Waals surface area contributed by atoms with E-state index >= 15 is 0 Å². The molecule has 3 amide bonds. The van der Waals surface area contributed by atoms with Gasteiger partial charge in [0.1, 0.15) is 17.6 Å². The predicted octanol–water partition coefficient (Wildman–Crippen LogP) is 2.55. The van der Waals surface area contributed by atoms with Gasteiger partial charge in [-0.2, -0.15) is 5.26 Å². The molecule has 1 aliphatic heterocycles. The molecule has 2 atom stereocenters. The number of nitriles is 1. The molecule has 164 valence electrons. The van der Waals surface area contributed by atoms with Gasteiger partial charge in [0.15, 0.2) is 6.61 Å². The van der Waals surface area contributed by atoms with E-state index in [9.17, 15) is 24.4 Å². The van der Waals surface area contributed by atoms with E-state index in [-0.39, 0.29) is 23.7 Å². The van der Waals surface area contributed by atoms with E-state index in [1.54, 1.807) is 0 Å². The zero-order valence-electron chi connectivity index (χ0n) is 17.3. The summed E-state index contributed by atoms with van der Waals surface area (Å²) in [4.78, 5) is 51.5. The lowest BCUT2D eigenvalue weighted by molar-refractivity contribution is -0.154. The number of carbonyl (C=O) groups is 4. The molecular formula is C22H25N3O5S. The number of imide groups is 1. The molecule has 9 heteroatoms. The van der Waals surface area contributed by atoms with Crippen molar-refractivity contribution in [1.29, 1.82) is 5.26 Å². The maximum Gasteiger partial charge on any atom is 0.326 e. The topological polar surface area (TPSA) is 117 Å². The molecule has 0 spiro atoms. The largest absolute Gasteiger partial charge is 0.454 e. The molecule has 8 nitrogen and oxygen atoms in total. The summed E-state index contributed by atoms with van der Waals surface area (Å²) < 4.78 is 5.01. The Labute approximate surface area is 184 Å². The first kappa shape index (κ1) is 21.5. The first-order chi connectivity index (χ1) is 15.0. The van der Waals surface area contributed by atoms with Crippen LogP contribution in [0.4, 0.5) is 5.00 Å². The predicted molar refractivity (Wildman–Crippen MR) is 112 cm³/mol. The molecule has 2 unspecified atom stereocenters. The molecule has 31 heavy (non-hydrogen) atoms. The minimum absolute atomic E-state index is 0.310. The van der Waals surface area contributed by atoms with Crippen LogP contribution < -0.4 is 5.32 Å². The molecule has 2 heterocycles. The molecule has 1 saturated carbocycles. The SMILES string of the molecule is N#Cc1c(NC(=O)COC(=O)CN2C(=O)C3CCCCC3C2=O)sc2c1CCCCC2. The molecule has 0 aromatic carbocycles. The molecule has 0 radical (unpaired) electrons. The highest BCUT2D eigenvalue weighted by Crippen LogP contribution is 2.38. The van der Waals surface area contributed by atoms with Crippen molar-refractivity contribution in [2.45, 2.75) is 57.8 Å².